The lowest BCUT2D eigenvalue weighted by Crippen LogP contribution is -2.41. The van der Waals surface area contributed by atoms with E-state index in [9.17, 15) is 4.79 Å². The number of amides is 2. The Hall–Kier alpha value is -2.70. The zero-order chi connectivity index (χ0) is 15.4. The second-order valence-electron chi connectivity index (χ2n) is 5.29. The fraction of sp³-hybridized carbons (Fsp3) is 0.333. The molecule has 1 fully saturated rings. The molecule has 0 bridgehead atoms. The van der Waals surface area contributed by atoms with E-state index in [1.165, 1.54) is 0 Å². The number of carbonyl (C=O) groups excluding carboxylic acids is 1. The van der Waals surface area contributed by atoms with Gasteiger partial charge >= 0.3 is 6.03 Å². The van der Waals surface area contributed by atoms with E-state index < -0.39 is 0 Å². The van der Waals surface area contributed by atoms with E-state index in [0.717, 1.165) is 30.8 Å². The van der Waals surface area contributed by atoms with E-state index in [1.807, 2.05) is 11.0 Å². The monoisotopic (exact) mass is 298 g/mol. The van der Waals surface area contributed by atoms with Crippen molar-refractivity contribution in [3.63, 3.8) is 0 Å². The molecule has 3 rings (SSSR count). The van der Waals surface area contributed by atoms with Crippen LogP contribution < -0.4 is 11.1 Å². The summed E-state index contributed by atoms with van der Waals surface area (Å²) in [6.07, 6.45) is 6.90. The summed E-state index contributed by atoms with van der Waals surface area (Å²) in [4.78, 5) is 26.3. The zero-order valence-electron chi connectivity index (χ0n) is 12.1. The van der Waals surface area contributed by atoms with Crippen LogP contribution in [0.4, 0.5) is 16.4 Å². The van der Waals surface area contributed by atoms with Gasteiger partial charge in [0.1, 0.15) is 0 Å². The molecule has 1 aliphatic rings. The molecule has 22 heavy (non-hydrogen) atoms. The number of anilines is 2. The Morgan fingerprint density at radius 1 is 1.27 bits per heavy atom. The van der Waals surface area contributed by atoms with E-state index in [0.29, 0.717) is 6.54 Å². The van der Waals surface area contributed by atoms with Crippen LogP contribution in [0, 0.1) is 0 Å². The number of pyridine rings is 1. The Kier molecular flexibility index (Phi) is 4.13. The molecule has 7 heteroatoms. The van der Waals surface area contributed by atoms with Crippen molar-refractivity contribution in [3.05, 3.63) is 42.5 Å². The lowest BCUT2D eigenvalue weighted by atomic mass is 9.95. The smallest absolute Gasteiger partial charge is 0.321 e. The first-order valence-electron chi connectivity index (χ1n) is 7.27. The summed E-state index contributed by atoms with van der Waals surface area (Å²) >= 11 is 0. The van der Waals surface area contributed by atoms with Gasteiger partial charge in [-0.1, -0.05) is 0 Å². The molecule has 114 valence electrons. The average molecular weight is 298 g/mol. The maximum atomic E-state index is 12.3. The molecule has 3 heterocycles. The van der Waals surface area contributed by atoms with Crippen molar-refractivity contribution in [2.75, 3.05) is 24.1 Å². The molecule has 1 saturated heterocycles. The molecule has 0 radical (unpaired) electrons. The van der Waals surface area contributed by atoms with Crippen LogP contribution in [-0.2, 0) is 0 Å². The highest BCUT2D eigenvalue weighted by Gasteiger charge is 2.25. The lowest BCUT2D eigenvalue weighted by Gasteiger charge is -2.32. The van der Waals surface area contributed by atoms with Gasteiger partial charge in [-0.15, -0.1) is 0 Å². The second kappa shape index (κ2) is 6.38. The number of hydrogen-bond acceptors (Lipinski definition) is 5. The first-order valence-corrected chi connectivity index (χ1v) is 7.27. The maximum absolute atomic E-state index is 12.3. The summed E-state index contributed by atoms with van der Waals surface area (Å²) in [6, 6.07) is 5.30. The molecule has 0 aliphatic carbocycles. The van der Waals surface area contributed by atoms with E-state index in [2.05, 4.69) is 20.3 Å². The quantitative estimate of drug-likeness (QED) is 0.882. The van der Waals surface area contributed by atoms with E-state index in [4.69, 9.17) is 5.73 Å². The summed E-state index contributed by atoms with van der Waals surface area (Å²) < 4.78 is 0. The Morgan fingerprint density at radius 2 is 2.09 bits per heavy atom. The van der Waals surface area contributed by atoms with Crippen LogP contribution in [0.2, 0.25) is 0 Å². The third-order valence-corrected chi connectivity index (χ3v) is 3.75. The number of nitrogens with zero attached hydrogens (tertiary/aromatic N) is 4. The van der Waals surface area contributed by atoms with Gasteiger partial charge < -0.3 is 16.0 Å². The van der Waals surface area contributed by atoms with Crippen LogP contribution in [0.5, 0.6) is 0 Å². The average Bonchev–Trinajstić information content (AvgIpc) is 2.56. The Balaban J connectivity index is 1.66. The largest absolute Gasteiger partial charge is 0.368 e. The first kappa shape index (κ1) is 14.2. The van der Waals surface area contributed by atoms with Gasteiger partial charge in [-0.2, -0.15) is 0 Å². The van der Waals surface area contributed by atoms with Crippen LogP contribution in [0.25, 0.3) is 0 Å². The molecule has 2 aromatic rings. The van der Waals surface area contributed by atoms with Gasteiger partial charge in [0, 0.05) is 43.3 Å². The summed E-state index contributed by atoms with van der Waals surface area (Å²) in [5.41, 5.74) is 7.28. The second-order valence-corrected chi connectivity index (χ2v) is 5.29. The number of rotatable bonds is 2. The zero-order valence-corrected chi connectivity index (χ0v) is 12.1. The molecule has 1 aliphatic heterocycles. The van der Waals surface area contributed by atoms with Gasteiger partial charge in [-0.3, -0.25) is 4.98 Å². The topological polar surface area (TPSA) is 97.0 Å². The SMILES string of the molecule is Nc1nccc([C@@H]2CCCN(C(=O)Nc3ccncc3)C2)n1. The summed E-state index contributed by atoms with van der Waals surface area (Å²) in [5, 5.41) is 2.88. The molecule has 0 unspecified atom stereocenters. The minimum absolute atomic E-state index is 0.0991. The summed E-state index contributed by atoms with van der Waals surface area (Å²) in [5.74, 6) is 0.470. The van der Waals surface area contributed by atoms with E-state index >= 15 is 0 Å². The van der Waals surface area contributed by atoms with Crippen molar-refractivity contribution >= 4 is 17.7 Å². The van der Waals surface area contributed by atoms with Gasteiger partial charge in [0.15, 0.2) is 0 Å². The van der Waals surface area contributed by atoms with Gasteiger partial charge in [0.25, 0.3) is 0 Å². The van der Waals surface area contributed by atoms with Crippen molar-refractivity contribution in [1.29, 1.82) is 0 Å². The van der Waals surface area contributed by atoms with Crippen LogP contribution in [-0.4, -0.2) is 39.0 Å². The van der Waals surface area contributed by atoms with Crippen LogP contribution in [0.3, 0.4) is 0 Å². The number of hydrogen-bond donors (Lipinski definition) is 2. The third-order valence-electron chi connectivity index (χ3n) is 3.75. The van der Waals surface area contributed by atoms with Crippen molar-refractivity contribution < 1.29 is 4.79 Å². The van der Waals surface area contributed by atoms with Crippen LogP contribution in [0.1, 0.15) is 24.5 Å². The van der Waals surface area contributed by atoms with Gasteiger partial charge in [-0.25, -0.2) is 14.8 Å². The fourth-order valence-electron chi connectivity index (χ4n) is 2.66. The van der Waals surface area contributed by atoms with Crippen molar-refractivity contribution in [2.24, 2.45) is 0 Å². The highest BCUT2D eigenvalue weighted by molar-refractivity contribution is 5.89. The molecule has 0 spiro atoms. The predicted molar refractivity (Wildman–Crippen MR) is 83.2 cm³/mol. The number of likely N-dealkylation sites (tertiary alicyclic amines) is 1. The minimum atomic E-state index is -0.0991. The van der Waals surface area contributed by atoms with Crippen molar-refractivity contribution in [3.8, 4) is 0 Å². The number of aromatic nitrogens is 3. The molecule has 2 amide bonds. The van der Waals surface area contributed by atoms with Crippen LogP contribution >= 0.6 is 0 Å². The first-order chi connectivity index (χ1) is 10.7. The fourth-order valence-corrected chi connectivity index (χ4v) is 2.66. The van der Waals surface area contributed by atoms with Crippen molar-refractivity contribution in [1.82, 2.24) is 19.9 Å². The van der Waals surface area contributed by atoms with Gasteiger partial charge in [0.05, 0.1) is 5.69 Å². The van der Waals surface area contributed by atoms with E-state index in [-0.39, 0.29) is 17.9 Å². The normalized spacial score (nSPS) is 18.0. The van der Waals surface area contributed by atoms with Gasteiger partial charge in [0.2, 0.25) is 5.95 Å². The van der Waals surface area contributed by atoms with Crippen molar-refractivity contribution in [2.45, 2.75) is 18.8 Å². The molecular weight excluding hydrogens is 280 g/mol. The summed E-state index contributed by atoms with van der Waals surface area (Å²) in [7, 11) is 0. The number of carbonyl (C=O) groups is 1. The Morgan fingerprint density at radius 3 is 2.86 bits per heavy atom. The third kappa shape index (κ3) is 3.30. The predicted octanol–water partition coefficient (Wildman–Crippen LogP) is 1.87. The number of nitrogens with two attached hydrogens (primary N) is 1. The molecule has 1 atom stereocenters. The lowest BCUT2D eigenvalue weighted by molar-refractivity contribution is 0.192. The number of nitrogen functional groups attached to an aromatic ring is 1. The molecule has 3 N–H and O–H groups in total. The number of nitrogens with one attached hydrogen (secondary N) is 1. The minimum Gasteiger partial charge on any atom is -0.368 e. The molecular formula is C15H18N6O. The van der Waals surface area contributed by atoms with E-state index in [1.54, 1.807) is 30.7 Å². The molecule has 7 nitrogen and oxygen atoms in total. The van der Waals surface area contributed by atoms with Crippen LogP contribution in [0.15, 0.2) is 36.8 Å². The molecule has 0 saturated carbocycles. The molecule has 0 aromatic carbocycles. The van der Waals surface area contributed by atoms with Gasteiger partial charge in [-0.05, 0) is 31.0 Å². The highest BCUT2D eigenvalue weighted by Crippen LogP contribution is 2.26. The summed E-state index contributed by atoms with van der Waals surface area (Å²) in [6.45, 7) is 1.38. The Bertz CT molecular complexity index is 647. The Labute approximate surface area is 128 Å². The standard InChI is InChI=1S/C15H18N6O/c16-14-18-8-5-13(20-14)11-2-1-9-21(10-11)15(22)19-12-3-6-17-7-4-12/h3-8,11H,1-2,9-10H2,(H2,16,18,20)(H,17,19,22)/t11-/m1/s1. The highest BCUT2D eigenvalue weighted by atomic mass is 16.2. The number of urea groups is 1. The molecule has 2 aromatic heterocycles. The number of piperidine rings is 1. The maximum Gasteiger partial charge on any atom is 0.321 e.